The van der Waals surface area contributed by atoms with E-state index in [1.807, 2.05) is 19.9 Å². The fourth-order valence-corrected chi connectivity index (χ4v) is 8.43. The molecule has 4 rings (SSSR count). The van der Waals surface area contributed by atoms with Crippen molar-refractivity contribution in [1.29, 1.82) is 0 Å². The number of esters is 1. The number of ether oxygens (including phenoxy) is 1. The highest BCUT2D eigenvalue weighted by molar-refractivity contribution is 7.90. The molecular weight excluding hydrogens is 521 g/mol. The summed E-state index contributed by atoms with van der Waals surface area (Å²) in [6.07, 6.45) is 0. The summed E-state index contributed by atoms with van der Waals surface area (Å²) >= 11 is 6.31. The zero-order chi connectivity index (χ0) is 26.3. The van der Waals surface area contributed by atoms with Crippen LogP contribution in [-0.2, 0) is 23.8 Å². The van der Waals surface area contributed by atoms with E-state index >= 15 is 0 Å². The van der Waals surface area contributed by atoms with Crippen molar-refractivity contribution < 1.29 is 27.0 Å². The van der Waals surface area contributed by atoms with Gasteiger partial charge in [-0.15, -0.1) is 0 Å². The van der Waals surface area contributed by atoms with Crippen LogP contribution in [0.5, 0.6) is 0 Å². The van der Waals surface area contributed by atoms with Crippen LogP contribution in [0, 0.1) is 13.8 Å². The summed E-state index contributed by atoms with van der Waals surface area (Å²) in [5.74, 6) is -0.944. The molecule has 0 saturated heterocycles. The van der Waals surface area contributed by atoms with E-state index in [0.29, 0.717) is 5.30 Å². The van der Waals surface area contributed by atoms with Gasteiger partial charge < -0.3 is 9.26 Å². The maximum absolute atomic E-state index is 14.7. The van der Waals surface area contributed by atoms with Gasteiger partial charge in [0.15, 0.2) is 5.69 Å². The van der Waals surface area contributed by atoms with Gasteiger partial charge >= 0.3 is 5.97 Å². The van der Waals surface area contributed by atoms with Gasteiger partial charge in [-0.3, -0.25) is 4.57 Å². The first-order valence-electron chi connectivity index (χ1n) is 11.1. The van der Waals surface area contributed by atoms with Crippen LogP contribution in [0.3, 0.4) is 0 Å². The van der Waals surface area contributed by atoms with Crippen LogP contribution < -0.4 is 10.6 Å². The van der Waals surface area contributed by atoms with Crippen LogP contribution >= 0.6 is 19.0 Å². The van der Waals surface area contributed by atoms with E-state index in [1.165, 1.54) is 37.4 Å². The van der Waals surface area contributed by atoms with E-state index in [0.717, 1.165) is 15.1 Å². The predicted molar refractivity (Wildman–Crippen MR) is 142 cm³/mol. The Bertz CT molecular complexity index is 1610. The fourth-order valence-electron chi connectivity index (χ4n) is 4.29. The SMILES string of the molecule is CCOC(=O)c1c(P(=O)(OC)c2cc(C)cc(C)c2)c2cc(Cl)ccc2n1S(=O)(=O)c1ccccc1. The van der Waals surface area contributed by atoms with Gasteiger partial charge in [0.25, 0.3) is 17.4 Å². The van der Waals surface area contributed by atoms with Crippen LogP contribution in [0.2, 0.25) is 5.02 Å². The van der Waals surface area contributed by atoms with Crippen molar-refractivity contribution in [1.82, 2.24) is 3.97 Å². The summed E-state index contributed by atoms with van der Waals surface area (Å²) in [5, 5.41) is 0.737. The third-order valence-corrected chi connectivity index (χ3v) is 10.2. The first-order chi connectivity index (χ1) is 17.0. The molecule has 0 aliphatic rings. The zero-order valence-corrected chi connectivity index (χ0v) is 22.7. The Morgan fingerprint density at radius 2 is 1.64 bits per heavy atom. The molecule has 10 heteroatoms. The summed E-state index contributed by atoms with van der Waals surface area (Å²) in [6, 6.07) is 17.5. The van der Waals surface area contributed by atoms with Gasteiger partial charge in [-0.1, -0.05) is 47.0 Å². The lowest BCUT2D eigenvalue weighted by atomic mass is 10.2. The molecule has 3 aromatic carbocycles. The highest BCUT2D eigenvalue weighted by Crippen LogP contribution is 2.49. The third-order valence-electron chi connectivity index (χ3n) is 5.71. The van der Waals surface area contributed by atoms with E-state index < -0.39 is 23.4 Å². The van der Waals surface area contributed by atoms with Gasteiger partial charge in [0.1, 0.15) is 0 Å². The number of rotatable bonds is 7. The second-order valence-corrected chi connectivity index (χ2v) is 12.9. The van der Waals surface area contributed by atoms with Crippen molar-refractivity contribution >= 4 is 56.5 Å². The zero-order valence-electron chi connectivity index (χ0n) is 20.2. The van der Waals surface area contributed by atoms with Gasteiger partial charge in [-0.25, -0.2) is 17.2 Å². The molecule has 188 valence electrons. The van der Waals surface area contributed by atoms with Crippen molar-refractivity contribution in [3.63, 3.8) is 0 Å². The molecule has 1 heterocycles. The highest BCUT2D eigenvalue weighted by Gasteiger charge is 2.41. The summed E-state index contributed by atoms with van der Waals surface area (Å²) in [5.41, 5.74) is 1.41. The third kappa shape index (κ3) is 4.39. The standard InChI is InChI=1S/C26H25ClNO6PS/c1-5-34-26(29)24-25(35(30,33-4)20-14-17(2)13-18(3)15-20)22-16-19(27)11-12-23(22)28(24)36(31,32)21-9-7-6-8-10-21/h6-16H,5H2,1-4H3. The molecule has 0 saturated carbocycles. The Morgan fingerprint density at radius 3 is 2.22 bits per heavy atom. The molecule has 0 fully saturated rings. The minimum atomic E-state index is -4.32. The minimum absolute atomic E-state index is 0.0211. The second-order valence-electron chi connectivity index (χ2n) is 8.24. The maximum atomic E-state index is 14.7. The van der Waals surface area contributed by atoms with Gasteiger partial charge in [0.2, 0.25) is 0 Å². The average Bonchev–Trinajstić information content (AvgIpc) is 3.19. The number of halogens is 1. The molecule has 36 heavy (non-hydrogen) atoms. The Kier molecular flexibility index (Phi) is 7.17. The second kappa shape index (κ2) is 9.87. The fraction of sp³-hybridized carbons (Fsp3) is 0.192. The van der Waals surface area contributed by atoms with Crippen molar-refractivity contribution in [3.05, 3.63) is 88.6 Å². The van der Waals surface area contributed by atoms with E-state index in [2.05, 4.69) is 0 Å². The number of hydrogen-bond donors (Lipinski definition) is 0. The van der Waals surface area contributed by atoms with Crippen LogP contribution in [0.1, 0.15) is 28.5 Å². The van der Waals surface area contributed by atoms with E-state index in [4.69, 9.17) is 20.9 Å². The number of nitrogens with zero attached hydrogens (tertiary/aromatic N) is 1. The number of aromatic nitrogens is 1. The lowest BCUT2D eigenvalue weighted by Crippen LogP contribution is -2.28. The van der Waals surface area contributed by atoms with Crippen molar-refractivity contribution in [2.45, 2.75) is 25.7 Å². The molecule has 0 radical (unpaired) electrons. The van der Waals surface area contributed by atoms with Gasteiger partial charge in [-0.2, -0.15) is 0 Å². The Morgan fingerprint density at radius 1 is 1.00 bits per heavy atom. The van der Waals surface area contributed by atoms with Crippen molar-refractivity contribution in [2.24, 2.45) is 0 Å². The first-order valence-corrected chi connectivity index (χ1v) is 14.6. The normalized spacial score (nSPS) is 13.5. The summed E-state index contributed by atoms with van der Waals surface area (Å²) in [4.78, 5) is 13.4. The predicted octanol–water partition coefficient (Wildman–Crippen LogP) is 5.20. The monoisotopic (exact) mass is 545 g/mol. The number of aryl methyl sites for hydroxylation is 2. The molecule has 1 aromatic heterocycles. The molecule has 7 nitrogen and oxygen atoms in total. The molecule has 0 aliphatic carbocycles. The summed E-state index contributed by atoms with van der Waals surface area (Å²) in [6.45, 7) is 5.28. The molecular formula is C26H25ClNO6PS. The van der Waals surface area contributed by atoms with Gasteiger partial charge in [0, 0.05) is 22.8 Å². The Hall–Kier alpha value is -2.90. The lowest BCUT2D eigenvalue weighted by molar-refractivity contribution is 0.0520. The smallest absolute Gasteiger partial charge is 0.356 e. The number of benzene rings is 3. The van der Waals surface area contributed by atoms with Crippen LogP contribution in [-0.4, -0.2) is 32.1 Å². The maximum Gasteiger partial charge on any atom is 0.356 e. The largest absolute Gasteiger partial charge is 0.461 e. The van der Waals surface area contributed by atoms with Crippen molar-refractivity contribution in [3.8, 4) is 0 Å². The number of carbonyl (C=O) groups is 1. The number of carbonyl (C=O) groups excluding carboxylic acids is 1. The van der Waals surface area contributed by atoms with Crippen LogP contribution in [0.4, 0.5) is 0 Å². The minimum Gasteiger partial charge on any atom is -0.461 e. The van der Waals surface area contributed by atoms with Gasteiger partial charge in [0.05, 0.1) is 22.3 Å². The lowest BCUT2D eigenvalue weighted by Gasteiger charge is -2.19. The van der Waals surface area contributed by atoms with Gasteiger partial charge in [-0.05, 0) is 63.2 Å². The molecule has 0 N–H and O–H groups in total. The molecule has 0 aliphatic heterocycles. The van der Waals surface area contributed by atoms with Crippen LogP contribution in [0.25, 0.3) is 10.9 Å². The Labute approximate surface area is 215 Å². The molecule has 1 atom stereocenters. The van der Waals surface area contributed by atoms with E-state index in [1.54, 1.807) is 37.3 Å². The molecule has 0 amide bonds. The number of hydrogen-bond acceptors (Lipinski definition) is 6. The van der Waals surface area contributed by atoms with E-state index in [-0.39, 0.29) is 38.4 Å². The van der Waals surface area contributed by atoms with Crippen LogP contribution in [0.15, 0.2) is 71.6 Å². The number of fused-ring (bicyclic) bond motifs is 1. The average molecular weight is 546 g/mol. The Balaban J connectivity index is 2.23. The molecule has 1 unspecified atom stereocenters. The topological polar surface area (TPSA) is 91.7 Å². The molecule has 0 bridgehead atoms. The van der Waals surface area contributed by atoms with Crippen molar-refractivity contribution in [2.75, 3.05) is 13.7 Å². The summed E-state index contributed by atoms with van der Waals surface area (Å²) < 4.78 is 54.4. The molecule has 0 spiro atoms. The summed E-state index contributed by atoms with van der Waals surface area (Å²) in [7, 11) is -7.08. The highest BCUT2D eigenvalue weighted by atomic mass is 35.5. The quantitative estimate of drug-likeness (QED) is 0.234. The molecule has 4 aromatic rings. The first kappa shape index (κ1) is 26.2. The van der Waals surface area contributed by atoms with E-state index in [9.17, 15) is 17.8 Å².